The van der Waals surface area contributed by atoms with Gasteiger partial charge in [0.1, 0.15) is 17.2 Å². The van der Waals surface area contributed by atoms with Crippen LogP contribution >= 0.6 is 0 Å². The Morgan fingerprint density at radius 1 is 0.771 bits per heavy atom. The van der Waals surface area contributed by atoms with Gasteiger partial charge in [-0.05, 0) is 71.7 Å². The molecule has 7 heteroatoms. The highest BCUT2D eigenvalue weighted by molar-refractivity contribution is 5.86. The van der Waals surface area contributed by atoms with Gasteiger partial charge in [-0.2, -0.15) is 0 Å². The molecular formula is C28H28O7. The number of aromatic hydroxyl groups is 2. The van der Waals surface area contributed by atoms with Gasteiger partial charge in [0.05, 0.1) is 34.0 Å². The summed E-state index contributed by atoms with van der Waals surface area (Å²) in [5, 5.41) is 32.8. The van der Waals surface area contributed by atoms with E-state index in [-0.39, 0.29) is 28.9 Å². The number of rotatable bonds is 4. The molecule has 0 amide bonds. The Balaban J connectivity index is 1.52. The molecule has 0 saturated heterocycles. The molecule has 0 aromatic heterocycles. The first kappa shape index (κ1) is 21.9. The van der Waals surface area contributed by atoms with E-state index in [1.807, 2.05) is 0 Å². The zero-order chi connectivity index (χ0) is 24.4. The number of aryl methyl sites for hydroxylation is 1. The normalized spacial score (nSPS) is 19.3. The molecule has 0 unspecified atom stereocenters. The molecule has 0 saturated carbocycles. The number of aliphatic hydroxyl groups is 1. The third-order valence-electron chi connectivity index (χ3n) is 7.76. The average Bonchev–Trinajstić information content (AvgIpc) is 2.88. The summed E-state index contributed by atoms with van der Waals surface area (Å²) in [5.74, 6) is 1.80. The Hall–Kier alpha value is -3.58. The minimum absolute atomic E-state index is 0.0765. The summed E-state index contributed by atoms with van der Waals surface area (Å²) >= 11 is 0. The summed E-state index contributed by atoms with van der Waals surface area (Å²) in [5.41, 5.74) is 8.03. The van der Waals surface area contributed by atoms with Gasteiger partial charge in [0, 0.05) is 28.7 Å². The predicted octanol–water partition coefficient (Wildman–Crippen LogP) is 4.20. The van der Waals surface area contributed by atoms with Crippen molar-refractivity contribution in [3.8, 4) is 45.6 Å². The van der Waals surface area contributed by atoms with E-state index < -0.39 is 6.10 Å². The van der Waals surface area contributed by atoms with Crippen LogP contribution in [-0.2, 0) is 25.7 Å². The van der Waals surface area contributed by atoms with Gasteiger partial charge in [0.15, 0.2) is 11.5 Å². The Kier molecular flexibility index (Phi) is 5.00. The van der Waals surface area contributed by atoms with E-state index in [2.05, 4.69) is 6.07 Å². The second kappa shape index (κ2) is 7.99. The number of phenols is 2. The molecular weight excluding hydrogens is 448 g/mol. The van der Waals surface area contributed by atoms with Crippen LogP contribution in [0, 0.1) is 0 Å². The van der Waals surface area contributed by atoms with Crippen molar-refractivity contribution in [1.29, 1.82) is 0 Å². The van der Waals surface area contributed by atoms with E-state index in [0.29, 0.717) is 12.4 Å². The third-order valence-corrected chi connectivity index (χ3v) is 7.76. The minimum Gasteiger partial charge on any atom is -0.508 e. The molecule has 0 bridgehead atoms. The molecule has 3 N–H and O–H groups in total. The fraction of sp³-hybridized carbons (Fsp3) is 0.357. The third kappa shape index (κ3) is 3.07. The highest BCUT2D eigenvalue weighted by Crippen LogP contribution is 2.54. The second-order valence-corrected chi connectivity index (χ2v) is 9.37. The number of hydrogen-bond donors (Lipinski definition) is 3. The number of fused-ring (bicyclic) bond motifs is 2. The average molecular weight is 477 g/mol. The van der Waals surface area contributed by atoms with E-state index in [1.165, 1.54) is 19.8 Å². The molecule has 0 radical (unpaired) electrons. The van der Waals surface area contributed by atoms with E-state index in [1.54, 1.807) is 25.3 Å². The molecule has 1 aliphatic heterocycles. The maximum absolute atomic E-state index is 11.7. The van der Waals surface area contributed by atoms with Crippen LogP contribution in [0.2, 0.25) is 0 Å². The molecule has 7 nitrogen and oxygen atoms in total. The highest BCUT2D eigenvalue weighted by atomic mass is 16.5. The van der Waals surface area contributed by atoms with Crippen molar-refractivity contribution in [3.63, 3.8) is 0 Å². The van der Waals surface area contributed by atoms with Crippen LogP contribution in [0.15, 0.2) is 24.3 Å². The van der Waals surface area contributed by atoms with Crippen molar-refractivity contribution >= 4 is 0 Å². The van der Waals surface area contributed by atoms with Crippen LogP contribution in [0.1, 0.15) is 45.4 Å². The molecule has 35 heavy (non-hydrogen) atoms. The first-order valence-corrected chi connectivity index (χ1v) is 11.8. The first-order chi connectivity index (χ1) is 17.0. The van der Waals surface area contributed by atoms with Crippen LogP contribution < -0.4 is 18.9 Å². The van der Waals surface area contributed by atoms with Gasteiger partial charge in [0.25, 0.3) is 0 Å². The molecule has 6 rings (SSSR count). The smallest absolute Gasteiger partial charge is 0.200 e. The Bertz CT molecular complexity index is 1340. The van der Waals surface area contributed by atoms with E-state index in [0.717, 1.165) is 70.4 Å². The largest absolute Gasteiger partial charge is 0.508 e. The quantitative estimate of drug-likeness (QED) is 0.519. The molecule has 0 fully saturated rings. The van der Waals surface area contributed by atoms with E-state index >= 15 is 0 Å². The van der Waals surface area contributed by atoms with Crippen LogP contribution in [0.3, 0.4) is 0 Å². The van der Waals surface area contributed by atoms with Crippen molar-refractivity contribution in [2.45, 2.75) is 37.7 Å². The fourth-order valence-electron chi connectivity index (χ4n) is 6.10. The standard InChI is InChI=1S/C28H28O7/c1-32-20-11-19(29)15-5-4-13-8-21-26(17-7-6-16(20)25(15)24(13)17)27(30)18(12-35-21)14-9-22(33-2)28(31)23(10-14)34-3/h8-11,18,27,29-31H,4-7,12H2,1-3H3/t18-,27+/m1/s1. The molecule has 3 aromatic rings. The summed E-state index contributed by atoms with van der Waals surface area (Å²) in [7, 11) is 4.60. The number of methoxy groups -OCH3 is 3. The van der Waals surface area contributed by atoms with Gasteiger partial charge < -0.3 is 34.3 Å². The van der Waals surface area contributed by atoms with E-state index in [4.69, 9.17) is 18.9 Å². The summed E-state index contributed by atoms with van der Waals surface area (Å²) < 4.78 is 22.5. The molecule has 1 heterocycles. The first-order valence-electron chi connectivity index (χ1n) is 11.8. The fourth-order valence-corrected chi connectivity index (χ4v) is 6.10. The van der Waals surface area contributed by atoms with Crippen molar-refractivity contribution in [2.75, 3.05) is 27.9 Å². The zero-order valence-corrected chi connectivity index (χ0v) is 20.0. The predicted molar refractivity (Wildman–Crippen MR) is 129 cm³/mol. The number of ether oxygens (including phenoxy) is 4. The summed E-state index contributed by atoms with van der Waals surface area (Å²) in [6.45, 7) is 0.292. The molecule has 0 spiro atoms. The van der Waals surface area contributed by atoms with Crippen LogP contribution in [0.4, 0.5) is 0 Å². The van der Waals surface area contributed by atoms with E-state index in [9.17, 15) is 15.3 Å². The molecule has 2 aliphatic carbocycles. The summed E-state index contributed by atoms with van der Waals surface area (Å²) in [6.07, 6.45) is 2.24. The molecule has 2 atom stereocenters. The lowest BCUT2D eigenvalue weighted by Gasteiger charge is -2.38. The molecule has 3 aliphatic rings. The van der Waals surface area contributed by atoms with Crippen molar-refractivity contribution < 1.29 is 34.3 Å². The van der Waals surface area contributed by atoms with Gasteiger partial charge in [-0.25, -0.2) is 0 Å². The number of benzene rings is 3. The molecule has 182 valence electrons. The summed E-state index contributed by atoms with van der Waals surface area (Å²) in [6, 6.07) is 7.23. The second-order valence-electron chi connectivity index (χ2n) is 9.37. The van der Waals surface area contributed by atoms with Crippen molar-refractivity contribution in [2.24, 2.45) is 0 Å². The topological polar surface area (TPSA) is 97.6 Å². The Labute approximate surface area is 203 Å². The lowest BCUT2D eigenvalue weighted by atomic mass is 9.71. The van der Waals surface area contributed by atoms with Crippen LogP contribution in [-0.4, -0.2) is 43.3 Å². The summed E-state index contributed by atoms with van der Waals surface area (Å²) in [4.78, 5) is 0. The lowest BCUT2D eigenvalue weighted by Crippen LogP contribution is -2.28. The van der Waals surface area contributed by atoms with Gasteiger partial charge >= 0.3 is 0 Å². The zero-order valence-electron chi connectivity index (χ0n) is 20.0. The number of hydrogen-bond acceptors (Lipinski definition) is 7. The monoisotopic (exact) mass is 476 g/mol. The van der Waals surface area contributed by atoms with Gasteiger partial charge in [0.2, 0.25) is 5.75 Å². The molecule has 3 aromatic carbocycles. The number of phenolic OH excluding ortho intramolecular Hbond substituents is 2. The highest BCUT2D eigenvalue weighted by Gasteiger charge is 2.39. The number of aliphatic hydroxyl groups excluding tert-OH is 1. The SMILES string of the molecule is COc1cc([C@H]2COc3cc4c5c(c3[C@H]2O)CCc2c(OC)cc(O)c(c2-5)CC4)cc(OC)c1O. The Morgan fingerprint density at radius 3 is 2.11 bits per heavy atom. The van der Waals surface area contributed by atoms with Gasteiger partial charge in [-0.3, -0.25) is 0 Å². The van der Waals surface area contributed by atoms with Gasteiger partial charge in [-0.1, -0.05) is 0 Å². The lowest BCUT2D eigenvalue weighted by molar-refractivity contribution is 0.0877. The Morgan fingerprint density at radius 2 is 1.43 bits per heavy atom. The maximum atomic E-state index is 11.7. The van der Waals surface area contributed by atoms with Crippen molar-refractivity contribution in [1.82, 2.24) is 0 Å². The van der Waals surface area contributed by atoms with Crippen LogP contribution in [0.5, 0.6) is 34.5 Å². The maximum Gasteiger partial charge on any atom is 0.200 e. The van der Waals surface area contributed by atoms with Crippen LogP contribution in [0.25, 0.3) is 11.1 Å². The van der Waals surface area contributed by atoms with Gasteiger partial charge in [-0.15, -0.1) is 0 Å². The van der Waals surface area contributed by atoms with Crippen molar-refractivity contribution in [3.05, 3.63) is 57.6 Å². The minimum atomic E-state index is -0.816.